The second kappa shape index (κ2) is 11.5. The van der Waals surface area contributed by atoms with E-state index in [2.05, 4.69) is 10.6 Å². The zero-order valence-corrected chi connectivity index (χ0v) is 21.7. The molecule has 4 rings (SSSR count). The molecule has 1 aromatic rings. The molecule has 0 saturated heterocycles. The topological polar surface area (TPSA) is 111 Å². The average molecular weight is 501 g/mol. The van der Waals surface area contributed by atoms with Crippen LogP contribution in [0.15, 0.2) is 18.2 Å². The first-order valence-corrected chi connectivity index (χ1v) is 13.3. The molecule has 3 aliphatic rings. The van der Waals surface area contributed by atoms with Crippen LogP contribution in [0.4, 0.5) is 10.5 Å². The minimum absolute atomic E-state index is 0.0353. The summed E-state index contributed by atoms with van der Waals surface area (Å²) in [6.07, 6.45) is 6.96. The smallest absolute Gasteiger partial charge is 0.317 e. The summed E-state index contributed by atoms with van der Waals surface area (Å²) in [6, 6.07) is 4.83. The van der Waals surface area contributed by atoms with Gasteiger partial charge in [0.15, 0.2) is 0 Å². The molecule has 9 heteroatoms. The highest BCUT2D eigenvalue weighted by Gasteiger charge is 2.35. The third kappa shape index (κ3) is 6.30. The first kappa shape index (κ1) is 26.3. The fourth-order valence-electron chi connectivity index (χ4n) is 4.99. The number of aliphatic hydroxyl groups excluding tert-OH is 1. The Morgan fingerprint density at radius 2 is 1.92 bits per heavy atom. The Kier molecular flexibility index (Phi) is 8.39. The molecule has 0 spiro atoms. The van der Waals surface area contributed by atoms with Crippen molar-refractivity contribution in [3.63, 3.8) is 0 Å². The Balaban J connectivity index is 1.53. The van der Waals surface area contributed by atoms with Gasteiger partial charge in [0.2, 0.25) is 5.91 Å². The van der Waals surface area contributed by atoms with Crippen molar-refractivity contribution < 1.29 is 24.2 Å². The predicted molar refractivity (Wildman–Crippen MR) is 137 cm³/mol. The maximum absolute atomic E-state index is 13.5. The van der Waals surface area contributed by atoms with Crippen molar-refractivity contribution >= 4 is 23.5 Å². The highest BCUT2D eigenvalue weighted by atomic mass is 16.5. The number of nitrogens with zero attached hydrogens (tertiary/aromatic N) is 2. The summed E-state index contributed by atoms with van der Waals surface area (Å²) in [6.45, 7) is 4.37. The Morgan fingerprint density at radius 1 is 1.19 bits per heavy atom. The van der Waals surface area contributed by atoms with Crippen LogP contribution in [-0.2, 0) is 4.79 Å². The van der Waals surface area contributed by atoms with Crippen molar-refractivity contribution in [2.24, 2.45) is 11.8 Å². The second-order valence-electron chi connectivity index (χ2n) is 10.8. The number of carbonyl (C=O) groups excluding carboxylic acids is 3. The van der Waals surface area contributed by atoms with Crippen molar-refractivity contribution in [3.05, 3.63) is 23.8 Å². The molecular weight excluding hydrogens is 460 g/mol. The standard InChI is InChI=1S/C27H40N4O5/c1-17-14-31(18(2)16-32)26(34)22-13-21(28-25(33)19-9-10-19)11-12-23(22)36-24(17)15-30(3)27(35)29-20-7-5-4-6-8-20/h11-13,17-20,24,32H,4-10,14-16H2,1-3H3,(H,28,33)(H,29,35)/t17-,18+,24+/m0/s1. The number of urea groups is 1. The van der Waals surface area contributed by atoms with Crippen LogP contribution in [0.2, 0.25) is 0 Å². The number of amides is 4. The summed E-state index contributed by atoms with van der Waals surface area (Å²) in [5.74, 6) is 0.0903. The molecule has 0 bridgehead atoms. The van der Waals surface area contributed by atoms with Crippen molar-refractivity contribution in [1.82, 2.24) is 15.1 Å². The number of carbonyl (C=O) groups is 3. The van der Waals surface area contributed by atoms with Crippen LogP contribution >= 0.6 is 0 Å². The molecule has 1 aromatic carbocycles. The minimum Gasteiger partial charge on any atom is -0.487 e. The Morgan fingerprint density at radius 3 is 2.58 bits per heavy atom. The molecule has 2 fully saturated rings. The average Bonchev–Trinajstić information content (AvgIpc) is 3.72. The van der Waals surface area contributed by atoms with E-state index in [4.69, 9.17) is 4.74 Å². The first-order valence-electron chi connectivity index (χ1n) is 13.3. The van der Waals surface area contributed by atoms with Gasteiger partial charge in [-0.3, -0.25) is 9.59 Å². The van der Waals surface area contributed by atoms with Gasteiger partial charge in [-0.05, 0) is 50.8 Å². The fraction of sp³-hybridized carbons (Fsp3) is 0.667. The molecule has 1 heterocycles. The van der Waals surface area contributed by atoms with Crippen LogP contribution in [0, 0.1) is 11.8 Å². The second-order valence-corrected chi connectivity index (χ2v) is 10.8. The van der Waals surface area contributed by atoms with Crippen molar-refractivity contribution in [2.75, 3.05) is 32.1 Å². The number of benzene rings is 1. The van der Waals surface area contributed by atoms with Gasteiger partial charge in [0.1, 0.15) is 11.9 Å². The van der Waals surface area contributed by atoms with Crippen LogP contribution in [0.3, 0.4) is 0 Å². The molecule has 3 atom stereocenters. The molecule has 1 aliphatic heterocycles. The number of fused-ring (bicyclic) bond motifs is 1. The lowest BCUT2D eigenvalue weighted by atomic mass is 9.96. The molecule has 3 N–H and O–H groups in total. The number of hydrogen-bond donors (Lipinski definition) is 3. The van der Waals surface area contributed by atoms with E-state index in [0.29, 0.717) is 30.1 Å². The summed E-state index contributed by atoms with van der Waals surface area (Å²) in [5, 5.41) is 15.9. The highest BCUT2D eigenvalue weighted by Crippen LogP contribution is 2.33. The number of anilines is 1. The van der Waals surface area contributed by atoms with Crippen LogP contribution in [-0.4, -0.2) is 77.7 Å². The lowest BCUT2D eigenvalue weighted by Gasteiger charge is -2.38. The molecule has 0 aromatic heterocycles. The Hall–Kier alpha value is -2.81. The number of aliphatic hydroxyl groups is 1. The van der Waals surface area contributed by atoms with E-state index in [0.717, 1.165) is 38.5 Å². The van der Waals surface area contributed by atoms with E-state index in [1.165, 1.54) is 6.42 Å². The van der Waals surface area contributed by atoms with Crippen molar-refractivity contribution in [3.8, 4) is 5.75 Å². The van der Waals surface area contributed by atoms with Crippen LogP contribution in [0.1, 0.15) is 69.2 Å². The quantitative estimate of drug-likeness (QED) is 0.532. The number of ether oxygens (including phenoxy) is 1. The number of likely N-dealkylation sites (N-methyl/N-ethyl adjacent to an activating group) is 1. The van der Waals surface area contributed by atoms with Gasteiger partial charge in [-0.1, -0.05) is 26.2 Å². The number of hydrogen-bond acceptors (Lipinski definition) is 5. The zero-order valence-electron chi connectivity index (χ0n) is 21.7. The van der Waals surface area contributed by atoms with E-state index < -0.39 is 0 Å². The molecular formula is C27H40N4O5. The third-order valence-corrected chi connectivity index (χ3v) is 7.61. The SMILES string of the molecule is C[C@H](CO)N1C[C@H](C)[C@@H](CN(C)C(=O)NC2CCCCC2)Oc2ccc(NC(=O)C3CC3)cc2C1=O. The maximum atomic E-state index is 13.5. The van der Waals surface area contributed by atoms with Crippen LogP contribution in [0.5, 0.6) is 5.75 Å². The normalized spacial score (nSPS) is 23.6. The van der Waals surface area contributed by atoms with Gasteiger partial charge >= 0.3 is 6.03 Å². The van der Waals surface area contributed by atoms with Crippen molar-refractivity contribution in [1.29, 1.82) is 0 Å². The molecule has 9 nitrogen and oxygen atoms in total. The van der Waals surface area contributed by atoms with E-state index in [1.807, 2.05) is 13.8 Å². The van der Waals surface area contributed by atoms with E-state index in [-0.39, 0.29) is 54.5 Å². The molecule has 0 unspecified atom stereocenters. The molecule has 36 heavy (non-hydrogen) atoms. The zero-order chi connectivity index (χ0) is 25.8. The third-order valence-electron chi connectivity index (χ3n) is 7.61. The first-order chi connectivity index (χ1) is 17.3. The monoisotopic (exact) mass is 500 g/mol. The summed E-state index contributed by atoms with van der Waals surface area (Å²) in [7, 11) is 1.77. The lowest BCUT2D eigenvalue weighted by molar-refractivity contribution is -0.117. The largest absolute Gasteiger partial charge is 0.487 e. The maximum Gasteiger partial charge on any atom is 0.317 e. The Labute approximate surface area is 213 Å². The van der Waals surface area contributed by atoms with Crippen LogP contribution < -0.4 is 15.4 Å². The van der Waals surface area contributed by atoms with Gasteiger partial charge in [0, 0.05) is 37.2 Å². The fourth-order valence-corrected chi connectivity index (χ4v) is 4.99. The predicted octanol–water partition coefficient (Wildman–Crippen LogP) is 3.23. The van der Waals surface area contributed by atoms with Gasteiger partial charge in [0.25, 0.3) is 5.91 Å². The summed E-state index contributed by atoms with van der Waals surface area (Å²) in [5.41, 5.74) is 0.892. The molecule has 0 radical (unpaired) electrons. The summed E-state index contributed by atoms with van der Waals surface area (Å²) < 4.78 is 6.37. The summed E-state index contributed by atoms with van der Waals surface area (Å²) >= 11 is 0. The van der Waals surface area contributed by atoms with E-state index >= 15 is 0 Å². The number of nitrogens with one attached hydrogen (secondary N) is 2. The molecule has 198 valence electrons. The lowest BCUT2D eigenvalue weighted by Crippen LogP contribution is -2.52. The molecule has 2 aliphatic carbocycles. The van der Waals surface area contributed by atoms with E-state index in [1.54, 1.807) is 35.0 Å². The van der Waals surface area contributed by atoms with Gasteiger partial charge in [-0.2, -0.15) is 0 Å². The van der Waals surface area contributed by atoms with E-state index in [9.17, 15) is 19.5 Å². The van der Waals surface area contributed by atoms with Gasteiger partial charge in [-0.15, -0.1) is 0 Å². The van der Waals surface area contributed by atoms with Gasteiger partial charge in [-0.25, -0.2) is 4.79 Å². The van der Waals surface area contributed by atoms with Crippen molar-refractivity contribution in [2.45, 2.75) is 77.0 Å². The minimum atomic E-state index is -0.386. The molecule has 2 saturated carbocycles. The Bertz CT molecular complexity index is 959. The van der Waals surface area contributed by atoms with Gasteiger partial charge in [0.05, 0.1) is 24.8 Å². The highest BCUT2D eigenvalue weighted by molar-refractivity contribution is 6.00. The van der Waals surface area contributed by atoms with Crippen LogP contribution in [0.25, 0.3) is 0 Å². The number of rotatable bonds is 7. The van der Waals surface area contributed by atoms with Gasteiger partial charge < -0.3 is 30.3 Å². The molecule has 4 amide bonds. The summed E-state index contributed by atoms with van der Waals surface area (Å²) in [4.78, 5) is 42.0.